The maximum absolute atomic E-state index is 11.2. The lowest BCUT2D eigenvalue weighted by Gasteiger charge is -2.14. The van der Waals surface area contributed by atoms with E-state index in [0.717, 1.165) is 6.26 Å². The van der Waals surface area contributed by atoms with E-state index in [4.69, 9.17) is 5.73 Å². The van der Waals surface area contributed by atoms with Gasteiger partial charge in [0, 0.05) is 12.8 Å². The molecule has 0 spiro atoms. The van der Waals surface area contributed by atoms with E-state index in [2.05, 4.69) is 5.32 Å². The third-order valence-corrected chi connectivity index (χ3v) is 2.74. The topological polar surface area (TPSA) is 89.3 Å². The molecule has 1 amide bonds. The van der Waals surface area contributed by atoms with Crippen molar-refractivity contribution < 1.29 is 13.2 Å². The van der Waals surface area contributed by atoms with E-state index >= 15 is 0 Å². The van der Waals surface area contributed by atoms with E-state index in [1.165, 1.54) is 0 Å². The van der Waals surface area contributed by atoms with E-state index in [0.29, 0.717) is 0 Å². The van der Waals surface area contributed by atoms with Crippen LogP contribution in [0.5, 0.6) is 0 Å². The number of hydrogen-bond donors (Lipinski definition) is 2. The summed E-state index contributed by atoms with van der Waals surface area (Å²) in [7, 11) is -3.02. The average molecular weight is 222 g/mol. The second kappa shape index (κ2) is 5.31. The molecule has 0 aromatic rings. The van der Waals surface area contributed by atoms with E-state index in [-0.39, 0.29) is 24.1 Å². The van der Waals surface area contributed by atoms with Crippen molar-refractivity contribution in [1.29, 1.82) is 0 Å². The molecule has 1 atom stereocenters. The van der Waals surface area contributed by atoms with Crippen molar-refractivity contribution in [3.05, 3.63) is 0 Å². The van der Waals surface area contributed by atoms with Crippen LogP contribution in [0.15, 0.2) is 0 Å². The summed E-state index contributed by atoms with van der Waals surface area (Å²) in [6, 6.07) is -0.574. The zero-order valence-electron chi connectivity index (χ0n) is 8.78. The van der Waals surface area contributed by atoms with Gasteiger partial charge < -0.3 is 11.1 Å². The second-order valence-electron chi connectivity index (χ2n) is 3.69. The first-order valence-corrected chi connectivity index (χ1v) is 6.51. The van der Waals surface area contributed by atoms with Crippen molar-refractivity contribution in [1.82, 2.24) is 5.32 Å². The van der Waals surface area contributed by atoms with Crippen LogP contribution < -0.4 is 11.1 Å². The summed E-state index contributed by atoms with van der Waals surface area (Å²) in [5, 5.41) is 2.48. The number of amides is 1. The maximum atomic E-state index is 11.2. The fourth-order valence-electron chi connectivity index (χ4n) is 0.780. The summed E-state index contributed by atoms with van der Waals surface area (Å²) in [6.07, 6.45) is 1.13. The Morgan fingerprint density at radius 1 is 1.43 bits per heavy atom. The van der Waals surface area contributed by atoms with Crippen LogP contribution in [0.3, 0.4) is 0 Å². The maximum Gasteiger partial charge on any atom is 0.237 e. The molecule has 0 rings (SSSR count). The molecule has 0 fully saturated rings. The Bertz CT molecular complexity index is 285. The average Bonchev–Trinajstić information content (AvgIpc) is 2.00. The monoisotopic (exact) mass is 222 g/mol. The molecule has 0 aromatic heterocycles. The van der Waals surface area contributed by atoms with Crippen LogP contribution in [0.1, 0.15) is 13.8 Å². The van der Waals surface area contributed by atoms with Gasteiger partial charge in [-0.1, -0.05) is 13.8 Å². The van der Waals surface area contributed by atoms with Crippen LogP contribution in [-0.2, 0) is 14.6 Å². The summed E-state index contributed by atoms with van der Waals surface area (Å²) >= 11 is 0. The van der Waals surface area contributed by atoms with E-state index in [1.54, 1.807) is 0 Å². The highest BCUT2D eigenvalue weighted by atomic mass is 32.2. The van der Waals surface area contributed by atoms with Crippen LogP contribution in [0.2, 0.25) is 0 Å². The van der Waals surface area contributed by atoms with E-state index in [9.17, 15) is 13.2 Å². The minimum atomic E-state index is -3.02. The molecule has 0 unspecified atom stereocenters. The number of carbonyl (C=O) groups is 1. The summed E-state index contributed by atoms with van der Waals surface area (Å²) in [6.45, 7) is 3.79. The fraction of sp³-hybridized carbons (Fsp3) is 0.875. The number of sulfone groups is 1. The van der Waals surface area contributed by atoms with Gasteiger partial charge in [0.05, 0.1) is 11.8 Å². The summed E-state index contributed by atoms with van der Waals surface area (Å²) in [5.74, 6) is -0.305. The molecule has 0 aromatic carbocycles. The SMILES string of the molecule is CC(C)[C@H](N)C(=O)NCCS(C)(=O)=O. The molecular formula is C8H18N2O3S. The number of carbonyl (C=O) groups excluding carboxylic acids is 1. The van der Waals surface area contributed by atoms with Gasteiger partial charge in [-0.15, -0.1) is 0 Å². The van der Waals surface area contributed by atoms with E-state index < -0.39 is 15.9 Å². The summed E-state index contributed by atoms with van der Waals surface area (Å²) in [4.78, 5) is 11.2. The lowest BCUT2D eigenvalue weighted by molar-refractivity contribution is -0.123. The Morgan fingerprint density at radius 2 is 1.93 bits per heavy atom. The molecule has 0 aliphatic carbocycles. The molecular weight excluding hydrogens is 204 g/mol. The van der Waals surface area contributed by atoms with Crippen LogP contribution in [0, 0.1) is 5.92 Å². The third kappa shape index (κ3) is 5.93. The standard InChI is InChI=1S/C8H18N2O3S/c1-6(2)7(9)8(11)10-4-5-14(3,12)13/h6-7H,4-5,9H2,1-3H3,(H,10,11)/t7-/m0/s1. The molecule has 0 heterocycles. The normalized spacial score (nSPS) is 14.1. The van der Waals surface area contributed by atoms with Gasteiger partial charge >= 0.3 is 0 Å². The van der Waals surface area contributed by atoms with Crippen LogP contribution in [-0.4, -0.2) is 38.9 Å². The van der Waals surface area contributed by atoms with Gasteiger partial charge in [0.15, 0.2) is 0 Å². The van der Waals surface area contributed by atoms with Crippen LogP contribution in [0.25, 0.3) is 0 Å². The predicted molar refractivity (Wildman–Crippen MR) is 55.5 cm³/mol. The Kier molecular flexibility index (Phi) is 5.07. The van der Waals surface area contributed by atoms with Crippen LogP contribution >= 0.6 is 0 Å². The van der Waals surface area contributed by atoms with Crippen molar-refractivity contribution in [2.45, 2.75) is 19.9 Å². The molecule has 5 nitrogen and oxygen atoms in total. The van der Waals surface area contributed by atoms with Gasteiger partial charge in [-0.05, 0) is 5.92 Å². The fourth-order valence-corrected chi connectivity index (χ4v) is 1.25. The quantitative estimate of drug-likeness (QED) is 0.633. The molecule has 14 heavy (non-hydrogen) atoms. The first-order chi connectivity index (χ1) is 6.24. The molecule has 3 N–H and O–H groups in total. The molecule has 6 heteroatoms. The molecule has 0 radical (unpaired) electrons. The van der Waals surface area contributed by atoms with Gasteiger partial charge in [-0.25, -0.2) is 8.42 Å². The van der Waals surface area contributed by atoms with Gasteiger partial charge in [-0.3, -0.25) is 4.79 Å². The zero-order chi connectivity index (χ0) is 11.4. The highest BCUT2D eigenvalue weighted by molar-refractivity contribution is 7.90. The Labute approximate surface area is 85.0 Å². The smallest absolute Gasteiger partial charge is 0.237 e. The Balaban J connectivity index is 3.87. The highest BCUT2D eigenvalue weighted by Crippen LogP contribution is 1.97. The molecule has 0 aliphatic rings. The van der Waals surface area contributed by atoms with Crippen molar-refractivity contribution in [3.8, 4) is 0 Å². The molecule has 0 bridgehead atoms. The molecule has 0 saturated carbocycles. The first kappa shape index (κ1) is 13.4. The third-order valence-electron chi connectivity index (χ3n) is 1.79. The number of hydrogen-bond acceptors (Lipinski definition) is 4. The van der Waals surface area contributed by atoms with Crippen molar-refractivity contribution in [3.63, 3.8) is 0 Å². The Hall–Kier alpha value is -0.620. The van der Waals surface area contributed by atoms with Gasteiger partial charge in [0.25, 0.3) is 0 Å². The van der Waals surface area contributed by atoms with Gasteiger partial charge in [-0.2, -0.15) is 0 Å². The Morgan fingerprint density at radius 3 is 2.29 bits per heavy atom. The molecule has 0 saturated heterocycles. The first-order valence-electron chi connectivity index (χ1n) is 4.45. The predicted octanol–water partition coefficient (Wildman–Crippen LogP) is -0.869. The molecule has 84 valence electrons. The number of nitrogens with two attached hydrogens (primary N) is 1. The minimum Gasteiger partial charge on any atom is -0.354 e. The van der Waals surface area contributed by atoms with Crippen molar-refractivity contribution in [2.24, 2.45) is 11.7 Å². The largest absolute Gasteiger partial charge is 0.354 e. The second-order valence-corrected chi connectivity index (χ2v) is 5.95. The summed E-state index contributed by atoms with van der Waals surface area (Å²) < 4.78 is 21.5. The highest BCUT2D eigenvalue weighted by Gasteiger charge is 2.16. The van der Waals surface area contributed by atoms with Crippen molar-refractivity contribution in [2.75, 3.05) is 18.6 Å². The number of rotatable bonds is 5. The van der Waals surface area contributed by atoms with Crippen molar-refractivity contribution >= 4 is 15.7 Å². The summed E-state index contributed by atoms with van der Waals surface area (Å²) in [5.41, 5.74) is 5.55. The van der Waals surface area contributed by atoms with E-state index in [1.807, 2.05) is 13.8 Å². The lowest BCUT2D eigenvalue weighted by atomic mass is 10.1. The van der Waals surface area contributed by atoms with Gasteiger partial charge in [0.2, 0.25) is 5.91 Å². The van der Waals surface area contributed by atoms with Gasteiger partial charge in [0.1, 0.15) is 9.84 Å². The zero-order valence-corrected chi connectivity index (χ0v) is 9.60. The van der Waals surface area contributed by atoms with Crippen LogP contribution in [0.4, 0.5) is 0 Å². The lowest BCUT2D eigenvalue weighted by Crippen LogP contribution is -2.45. The molecule has 0 aliphatic heterocycles. The minimum absolute atomic E-state index is 0.0493. The number of nitrogens with one attached hydrogen (secondary N) is 1.